The molecular weight excluding hydrogens is 522 g/mol. The Bertz CT molecular complexity index is 1340. The van der Waals surface area contributed by atoms with E-state index in [4.69, 9.17) is 0 Å². The zero-order valence-corrected chi connectivity index (χ0v) is 24.9. The molecule has 0 bridgehead atoms. The Morgan fingerprint density at radius 3 is 1.93 bits per heavy atom. The van der Waals surface area contributed by atoms with Gasteiger partial charge < -0.3 is 10.2 Å². The van der Waals surface area contributed by atoms with Gasteiger partial charge in [-0.25, -0.2) is 8.42 Å². The fourth-order valence-electron chi connectivity index (χ4n) is 4.30. The molecule has 7 nitrogen and oxygen atoms in total. The summed E-state index contributed by atoms with van der Waals surface area (Å²) in [5.41, 5.74) is 2.47. The highest BCUT2D eigenvalue weighted by Crippen LogP contribution is 2.26. The van der Waals surface area contributed by atoms with Gasteiger partial charge in [0.1, 0.15) is 12.6 Å². The zero-order chi connectivity index (χ0) is 29.3. The third-order valence-electron chi connectivity index (χ3n) is 6.79. The van der Waals surface area contributed by atoms with Crippen molar-refractivity contribution in [1.82, 2.24) is 10.2 Å². The average Bonchev–Trinajstić information content (AvgIpc) is 2.95. The first kappa shape index (κ1) is 30.9. The van der Waals surface area contributed by atoms with E-state index in [1.54, 1.807) is 37.3 Å². The Kier molecular flexibility index (Phi) is 10.9. The van der Waals surface area contributed by atoms with Crippen molar-refractivity contribution in [3.63, 3.8) is 0 Å². The first-order valence-corrected chi connectivity index (χ1v) is 15.2. The van der Waals surface area contributed by atoms with E-state index < -0.39 is 28.5 Å². The maximum atomic E-state index is 13.9. The van der Waals surface area contributed by atoms with Crippen LogP contribution in [0.3, 0.4) is 0 Å². The number of hydrogen-bond acceptors (Lipinski definition) is 4. The monoisotopic (exact) mass is 563 g/mol. The molecule has 40 heavy (non-hydrogen) atoms. The summed E-state index contributed by atoms with van der Waals surface area (Å²) in [6.45, 7) is 10.1. The predicted octanol–water partition coefficient (Wildman–Crippen LogP) is 5.24. The molecule has 0 aliphatic carbocycles. The molecule has 0 heterocycles. The van der Waals surface area contributed by atoms with E-state index >= 15 is 0 Å². The third-order valence-corrected chi connectivity index (χ3v) is 8.58. The maximum absolute atomic E-state index is 13.9. The molecule has 3 rings (SSSR count). The molecule has 0 fully saturated rings. The standard InChI is InChI=1S/C32H41N3O4S/c1-24(2)22-33-32(37)26(5)34(21-20-27-12-8-6-9-13-27)31(36)23-35(29-18-16-28(17-19-29)25(3)4)40(38,39)30-14-10-7-11-15-30/h6-19,24-26H,20-23H2,1-5H3,(H,33,37)/t26-/m1/s1. The van der Waals surface area contributed by atoms with Crippen LogP contribution in [0.2, 0.25) is 0 Å². The summed E-state index contributed by atoms with van der Waals surface area (Å²) in [6, 6.07) is 24.2. The van der Waals surface area contributed by atoms with Gasteiger partial charge in [0.25, 0.3) is 10.0 Å². The highest BCUT2D eigenvalue weighted by atomic mass is 32.2. The van der Waals surface area contributed by atoms with E-state index in [9.17, 15) is 18.0 Å². The summed E-state index contributed by atoms with van der Waals surface area (Å²) in [5.74, 6) is -0.192. The van der Waals surface area contributed by atoms with E-state index in [0.29, 0.717) is 18.7 Å². The van der Waals surface area contributed by atoms with Gasteiger partial charge >= 0.3 is 0 Å². The quantitative estimate of drug-likeness (QED) is 0.308. The highest BCUT2D eigenvalue weighted by molar-refractivity contribution is 7.92. The summed E-state index contributed by atoms with van der Waals surface area (Å²) in [4.78, 5) is 28.5. The largest absolute Gasteiger partial charge is 0.354 e. The minimum absolute atomic E-state index is 0.0919. The van der Waals surface area contributed by atoms with Gasteiger partial charge in [-0.15, -0.1) is 0 Å². The van der Waals surface area contributed by atoms with Gasteiger partial charge in [0, 0.05) is 13.1 Å². The van der Waals surface area contributed by atoms with Gasteiger partial charge in [0.05, 0.1) is 10.6 Å². The van der Waals surface area contributed by atoms with Crippen LogP contribution in [0.4, 0.5) is 5.69 Å². The number of carbonyl (C=O) groups excluding carboxylic acids is 2. The molecule has 1 N–H and O–H groups in total. The number of amides is 2. The van der Waals surface area contributed by atoms with Crippen molar-refractivity contribution in [2.24, 2.45) is 5.92 Å². The number of sulfonamides is 1. The first-order chi connectivity index (χ1) is 19.0. The molecule has 2 amide bonds. The van der Waals surface area contributed by atoms with Crippen LogP contribution in [0, 0.1) is 5.92 Å². The molecule has 0 saturated carbocycles. The molecule has 0 aromatic heterocycles. The van der Waals surface area contributed by atoms with Crippen molar-refractivity contribution in [2.45, 2.75) is 57.9 Å². The lowest BCUT2D eigenvalue weighted by molar-refractivity contribution is -0.138. The minimum Gasteiger partial charge on any atom is -0.354 e. The Hall–Kier alpha value is -3.65. The van der Waals surface area contributed by atoms with Crippen LogP contribution in [0.5, 0.6) is 0 Å². The number of nitrogens with zero attached hydrogens (tertiary/aromatic N) is 2. The highest BCUT2D eigenvalue weighted by Gasteiger charge is 2.32. The molecule has 0 spiro atoms. The van der Waals surface area contributed by atoms with Crippen molar-refractivity contribution in [3.05, 3.63) is 96.1 Å². The van der Waals surface area contributed by atoms with Crippen LogP contribution in [-0.2, 0) is 26.0 Å². The summed E-state index contributed by atoms with van der Waals surface area (Å²) in [6.07, 6.45) is 0.531. The van der Waals surface area contributed by atoms with Gasteiger partial charge in [-0.2, -0.15) is 0 Å². The fourth-order valence-corrected chi connectivity index (χ4v) is 5.73. The molecule has 0 aliphatic rings. The van der Waals surface area contributed by atoms with Crippen molar-refractivity contribution >= 4 is 27.5 Å². The van der Waals surface area contributed by atoms with Crippen molar-refractivity contribution in [2.75, 3.05) is 23.9 Å². The number of nitrogens with one attached hydrogen (secondary N) is 1. The summed E-state index contributed by atoms with van der Waals surface area (Å²) < 4.78 is 28.8. The number of hydrogen-bond donors (Lipinski definition) is 1. The smallest absolute Gasteiger partial charge is 0.264 e. The Morgan fingerprint density at radius 1 is 0.800 bits per heavy atom. The van der Waals surface area contributed by atoms with Crippen molar-refractivity contribution in [3.8, 4) is 0 Å². The second-order valence-electron chi connectivity index (χ2n) is 10.7. The Balaban J connectivity index is 1.96. The minimum atomic E-state index is -4.07. The second kappa shape index (κ2) is 14.1. The summed E-state index contributed by atoms with van der Waals surface area (Å²) in [7, 11) is -4.07. The molecule has 0 saturated heterocycles. The van der Waals surface area contributed by atoms with Gasteiger partial charge in [-0.1, -0.05) is 88.4 Å². The molecule has 8 heteroatoms. The number of rotatable bonds is 13. The van der Waals surface area contributed by atoms with Gasteiger partial charge in [-0.05, 0) is 60.6 Å². The van der Waals surface area contributed by atoms with Gasteiger partial charge in [0.2, 0.25) is 11.8 Å². The van der Waals surface area contributed by atoms with E-state index in [2.05, 4.69) is 19.2 Å². The number of carbonyl (C=O) groups is 2. The molecule has 3 aromatic rings. The molecule has 214 valence electrons. The van der Waals surface area contributed by atoms with Gasteiger partial charge in [0.15, 0.2) is 0 Å². The van der Waals surface area contributed by atoms with Crippen LogP contribution < -0.4 is 9.62 Å². The lowest BCUT2D eigenvalue weighted by Crippen LogP contribution is -2.52. The van der Waals surface area contributed by atoms with Crippen LogP contribution in [0.25, 0.3) is 0 Å². The van der Waals surface area contributed by atoms with E-state index in [0.717, 1.165) is 15.4 Å². The SMILES string of the molecule is CC(C)CNC(=O)[C@@H](C)N(CCc1ccccc1)C(=O)CN(c1ccc(C(C)C)cc1)S(=O)(=O)c1ccccc1. The van der Waals surface area contributed by atoms with Crippen LogP contribution in [0.1, 0.15) is 51.7 Å². The number of anilines is 1. The molecule has 1 atom stereocenters. The summed E-state index contributed by atoms with van der Waals surface area (Å²) in [5, 5.41) is 2.91. The second-order valence-corrected chi connectivity index (χ2v) is 12.6. The molecular formula is C32H41N3O4S. The topological polar surface area (TPSA) is 86.8 Å². The fraction of sp³-hybridized carbons (Fsp3) is 0.375. The molecule has 0 aliphatic heterocycles. The first-order valence-electron chi connectivity index (χ1n) is 13.8. The van der Waals surface area contributed by atoms with E-state index in [-0.39, 0.29) is 29.2 Å². The maximum Gasteiger partial charge on any atom is 0.264 e. The molecule has 3 aromatic carbocycles. The number of benzene rings is 3. The summed E-state index contributed by atoms with van der Waals surface area (Å²) >= 11 is 0. The normalized spacial score (nSPS) is 12.3. The van der Waals surface area contributed by atoms with Crippen molar-refractivity contribution < 1.29 is 18.0 Å². The lowest BCUT2D eigenvalue weighted by Gasteiger charge is -2.32. The molecule has 0 radical (unpaired) electrons. The zero-order valence-electron chi connectivity index (χ0n) is 24.1. The van der Waals surface area contributed by atoms with E-state index in [1.165, 1.54) is 17.0 Å². The van der Waals surface area contributed by atoms with Crippen LogP contribution >= 0.6 is 0 Å². The third kappa shape index (κ3) is 8.18. The van der Waals surface area contributed by atoms with Crippen LogP contribution in [0.15, 0.2) is 89.8 Å². The van der Waals surface area contributed by atoms with Crippen molar-refractivity contribution in [1.29, 1.82) is 0 Å². The Morgan fingerprint density at radius 2 is 1.38 bits per heavy atom. The Labute approximate surface area is 239 Å². The van der Waals surface area contributed by atoms with Crippen LogP contribution in [-0.4, -0.2) is 50.8 Å². The molecule has 0 unspecified atom stereocenters. The predicted molar refractivity (Wildman–Crippen MR) is 161 cm³/mol. The van der Waals surface area contributed by atoms with Gasteiger partial charge in [-0.3, -0.25) is 13.9 Å². The van der Waals surface area contributed by atoms with E-state index in [1.807, 2.05) is 56.3 Å². The lowest BCUT2D eigenvalue weighted by atomic mass is 10.0. The average molecular weight is 564 g/mol.